The van der Waals surface area contributed by atoms with Crippen LogP contribution in [0.25, 0.3) is 17.0 Å². The van der Waals surface area contributed by atoms with Crippen LogP contribution in [0.3, 0.4) is 0 Å². The van der Waals surface area contributed by atoms with Crippen molar-refractivity contribution < 1.29 is 0 Å². The molecule has 3 aromatic rings. The third kappa shape index (κ3) is 4.73. The van der Waals surface area contributed by atoms with Crippen molar-refractivity contribution in [3.8, 4) is 11.4 Å². The Kier molecular flexibility index (Phi) is 6.79. The molecule has 5 rings (SSSR count). The van der Waals surface area contributed by atoms with Crippen LogP contribution in [-0.4, -0.2) is 44.8 Å². The van der Waals surface area contributed by atoms with Crippen LogP contribution in [0.4, 0.5) is 11.6 Å². The van der Waals surface area contributed by atoms with Crippen LogP contribution in [0.2, 0.25) is 0 Å². The van der Waals surface area contributed by atoms with E-state index in [9.17, 15) is 0 Å². The molecule has 4 heterocycles. The molecule has 1 unspecified atom stereocenters. The molecule has 0 aromatic carbocycles. The van der Waals surface area contributed by atoms with Crippen LogP contribution in [0.1, 0.15) is 52.4 Å². The van der Waals surface area contributed by atoms with Crippen molar-refractivity contribution in [2.45, 2.75) is 64.5 Å². The predicted molar refractivity (Wildman–Crippen MR) is 123 cm³/mol. The highest BCUT2D eigenvalue weighted by Gasteiger charge is 2.17. The van der Waals surface area contributed by atoms with Gasteiger partial charge in [-0.05, 0) is 50.1 Å². The number of anilines is 2. The molecule has 1 saturated heterocycles. The molecular weight excluding hydrogens is 374 g/mol. The molecule has 1 atom stereocenters. The molecule has 7 heteroatoms. The minimum Gasteiger partial charge on any atom is -0.366 e. The van der Waals surface area contributed by atoms with E-state index in [1.165, 1.54) is 32.1 Å². The van der Waals surface area contributed by atoms with Gasteiger partial charge in [-0.25, -0.2) is 14.5 Å². The molecule has 2 aliphatic rings. The number of rotatable bonds is 5. The Balaban J connectivity index is 0.00000106. The smallest absolute Gasteiger partial charge is 0.154 e. The summed E-state index contributed by atoms with van der Waals surface area (Å²) in [5.41, 5.74) is 2.63. The second-order valence-corrected chi connectivity index (χ2v) is 7.85. The number of imidazole rings is 1. The van der Waals surface area contributed by atoms with Gasteiger partial charge in [0.25, 0.3) is 0 Å². The van der Waals surface area contributed by atoms with Crippen LogP contribution in [0.15, 0.2) is 36.5 Å². The number of hydrogen-bond acceptors (Lipinski definition) is 6. The van der Waals surface area contributed by atoms with Gasteiger partial charge in [0.15, 0.2) is 5.65 Å². The fraction of sp³-hybridized carbons (Fsp3) is 0.522. The molecule has 30 heavy (non-hydrogen) atoms. The van der Waals surface area contributed by atoms with E-state index in [2.05, 4.69) is 20.9 Å². The molecule has 0 spiro atoms. The first-order valence-corrected chi connectivity index (χ1v) is 11.4. The molecule has 2 fully saturated rings. The fourth-order valence-corrected chi connectivity index (χ4v) is 4.23. The van der Waals surface area contributed by atoms with E-state index in [1.54, 1.807) is 0 Å². The molecule has 160 valence electrons. The summed E-state index contributed by atoms with van der Waals surface area (Å²) in [5.74, 6) is 1.81. The zero-order valence-corrected chi connectivity index (χ0v) is 18.1. The highest BCUT2D eigenvalue weighted by molar-refractivity contribution is 5.62. The van der Waals surface area contributed by atoms with E-state index in [-0.39, 0.29) is 0 Å². The lowest BCUT2D eigenvalue weighted by Crippen LogP contribution is -2.23. The van der Waals surface area contributed by atoms with Gasteiger partial charge in [0, 0.05) is 18.6 Å². The third-order valence-corrected chi connectivity index (χ3v) is 5.74. The molecule has 3 N–H and O–H groups in total. The van der Waals surface area contributed by atoms with Crippen molar-refractivity contribution in [1.29, 1.82) is 0 Å². The van der Waals surface area contributed by atoms with Crippen molar-refractivity contribution in [2.24, 2.45) is 0 Å². The number of fused-ring (bicyclic) bond motifs is 1. The number of hydrogen-bond donors (Lipinski definition) is 3. The van der Waals surface area contributed by atoms with Crippen LogP contribution in [0.5, 0.6) is 0 Å². The highest BCUT2D eigenvalue weighted by atomic mass is 15.3. The van der Waals surface area contributed by atoms with Crippen LogP contribution < -0.4 is 16.0 Å². The van der Waals surface area contributed by atoms with Gasteiger partial charge in [-0.15, -0.1) is 5.10 Å². The topological polar surface area (TPSA) is 79.2 Å². The summed E-state index contributed by atoms with van der Waals surface area (Å²) in [7, 11) is 0. The molecule has 0 bridgehead atoms. The number of nitrogens with zero attached hydrogens (tertiary/aromatic N) is 4. The van der Waals surface area contributed by atoms with Gasteiger partial charge in [0.2, 0.25) is 0 Å². The minimum absolute atomic E-state index is 0.439. The highest BCUT2D eigenvalue weighted by Crippen LogP contribution is 2.23. The molecular formula is C23H33N7. The van der Waals surface area contributed by atoms with E-state index < -0.39 is 0 Å². The normalized spacial score (nSPS) is 19.3. The molecule has 1 aliphatic carbocycles. The Morgan fingerprint density at radius 1 is 0.933 bits per heavy atom. The van der Waals surface area contributed by atoms with E-state index in [0.717, 1.165) is 48.2 Å². The lowest BCUT2D eigenvalue weighted by Gasteiger charge is -2.23. The maximum atomic E-state index is 4.81. The number of nitrogens with one attached hydrogen (secondary N) is 3. The second kappa shape index (κ2) is 9.89. The SMILES string of the molecule is CC.c1cc(NC2CCNC2)nc(-c2cnc3ccc(NC4CCCCC4)nn23)c1. The summed E-state index contributed by atoms with van der Waals surface area (Å²) in [6, 6.07) is 11.1. The number of pyridine rings is 1. The van der Waals surface area contributed by atoms with Crippen LogP contribution in [0, 0.1) is 0 Å². The molecule has 3 aromatic heterocycles. The predicted octanol–water partition coefficient (Wildman–Crippen LogP) is 4.34. The zero-order chi connectivity index (χ0) is 20.8. The Hall–Kier alpha value is -2.67. The van der Waals surface area contributed by atoms with Crippen molar-refractivity contribution in [2.75, 3.05) is 23.7 Å². The van der Waals surface area contributed by atoms with Crippen molar-refractivity contribution >= 4 is 17.3 Å². The lowest BCUT2D eigenvalue weighted by molar-refractivity contribution is 0.461. The summed E-state index contributed by atoms with van der Waals surface area (Å²) in [6.45, 7) is 6.05. The van der Waals surface area contributed by atoms with E-state index >= 15 is 0 Å². The van der Waals surface area contributed by atoms with Crippen LogP contribution in [-0.2, 0) is 0 Å². The van der Waals surface area contributed by atoms with Gasteiger partial charge in [0.05, 0.1) is 11.9 Å². The minimum atomic E-state index is 0.439. The molecule has 7 nitrogen and oxygen atoms in total. The Morgan fingerprint density at radius 3 is 2.57 bits per heavy atom. The number of aromatic nitrogens is 4. The quantitative estimate of drug-likeness (QED) is 0.584. The van der Waals surface area contributed by atoms with Gasteiger partial charge < -0.3 is 16.0 Å². The van der Waals surface area contributed by atoms with Crippen molar-refractivity contribution in [3.05, 3.63) is 36.5 Å². The third-order valence-electron chi connectivity index (χ3n) is 5.74. The maximum Gasteiger partial charge on any atom is 0.154 e. The Labute approximate surface area is 178 Å². The summed E-state index contributed by atoms with van der Waals surface area (Å²) >= 11 is 0. The van der Waals surface area contributed by atoms with Crippen molar-refractivity contribution in [3.63, 3.8) is 0 Å². The standard InChI is InChI=1S/C21H27N7.C2H6/c1-2-5-15(6-3-1)24-20-9-10-21-23-14-18(28(21)27-20)17-7-4-8-19(26-17)25-16-11-12-22-13-16;1-2/h4,7-10,14-16,22H,1-3,5-6,11-13H2,(H,24,27)(H,25,26);1-2H3. The largest absolute Gasteiger partial charge is 0.366 e. The van der Waals surface area contributed by atoms with Gasteiger partial charge in [-0.2, -0.15) is 0 Å². The summed E-state index contributed by atoms with van der Waals surface area (Å²) in [4.78, 5) is 9.33. The first kappa shape index (κ1) is 20.6. The summed E-state index contributed by atoms with van der Waals surface area (Å²) in [6.07, 6.45) is 9.38. The van der Waals surface area contributed by atoms with Gasteiger partial charge in [-0.3, -0.25) is 0 Å². The molecule has 0 radical (unpaired) electrons. The lowest BCUT2D eigenvalue weighted by atomic mass is 9.95. The molecule has 1 aliphatic heterocycles. The van der Waals surface area contributed by atoms with Crippen molar-refractivity contribution in [1.82, 2.24) is 24.9 Å². The monoisotopic (exact) mass is 407 g/mol. The van der Waals surface area contributed by atoms with E-state index in [1.807, 2.05) is 54.9 Å². The fourth-order valence-electron chi connectivity index (χ4n) is 4.23. The molecule has 0 amide bonds. The average Bonchev–Trinajstić information content (AvgIpc) is 3.46. The average molecular weight is 408 g/mol. The van der Waals surface area contributed by atoms with Gasteiger partial charge in [-0.1, -0.05) is 39.2 Å². The van der Waals surface area contributed by atoms with E-state index in [4.69, 9.17) is 10.1 Å². The van der Waals surface area contributed by atoms with E-state index in [0.29, 0.717) is 12.1 Å². The molecule has 1 saturated carbocycles. The second-order valence-electron chi connectivity index (χ2n) is 7.85. The first-order chi connectivity index (χ1) is 14.8. The zero-order valence-electron chi connectivity index (χ0n) is 18.1. The summed E-state index contributed by atoms with van der Waals surface area (Å²) in [5, 5.41) is 15.3. The Morgan fingerprint density at radius 2 is 1.77 bits per heavy atom. The van der Waals surface area contributed by atoms with Gasteiger partial charge >= 0.3 is 0 Å². The van der Waals surface area contributed by atoms with Crippen LogP contribution >= 0.6 is 0 Å². The maximum absolute atomic E-state index is 4.81. The Bertz CT molecular complexity index is 940. The van der Waals surface area contributed by atoms with Gasteiger partial charge in [0.1, 0.15) is 17.3 Å². The summed E-state index contributed by atoms with van der Waals surface area (Å²) < 4.78 is 1.90. The first-order valence-electron chi connectivity index (χ1n) is 11.4.